The van der Waals surface area contributed by atoms with Gasteiger partial charge in [0.05, 0.1) is 5.69 Å². The molecule has 0 bridgehead atoms. The summed E-state index contributed by atoms with van der Waals surface area (Å²) in [6.07, 6.45) is 4.02. The largest absolute Gasteiger partial charge is 0.449 e. The summed E-state index contributed by atoms with van der Waals surface area (Å²) < 4.78 is 5.48. The van der Waals surface area contributed by atoms with Crippen molar-refractivity contribution in [1.29, 1.82) is 0 Å². The first kappa shape index (κ1) is 11.6. The Morgan fingerprint density at radius 2 is 2.50 bits per heavy atom. The lowest BCUT2D eigenvalue weighted by atomic mass is 10.1. The lowest BCUT2D eigenvalue weighted by Crippen LogP contribution is -2.20. The second-order valence-corrected chi connectivity index (χ2v) is 4.51. The van der Waals surface area contributed by atoms with Gasteiger partial charge in [0.1, 0.15) is 6.26 Å². The van der Waals surface area contributed by atoms with E-state index in [0.717, 1.165) is 37.0 Å². The normalized spacial score (nSPS) is 21.8. The highest BCUT2D eigenvalue weighted by atomic mass is 16.3. The average Bonchev–Trinajstić information content (AvgIpc) is 2.89. The number of hydrogen-bond acceptors (Lipinski definition) is 4. The van der Waals surface area contributed by atoms with Crippen LogP contribution >= 0.6 is 0 Å². The quantitative estimate of drug-likeness (QED) is 0.816. The Kier molecular flexibility index (Phi) is 3.96. The van der Waals surface area contributed by atoms with Crippen LogP contribution in [-0.2, 0) is 13.0 Å². The molecule has 2 rings (SSSR count). The van der Waals surface area contributed by atoms with Crippen LogP contribution in [-0.4, -0.2) is 36.6 Å². The highest BCUT2D eigenvalue weighted by molar-refractivity contribution is 4.97. The number of rotatable bonds is 5. The van der Waals surface area contributed by atoms with Crippen molar-refractivity contribution in [2.24, 2.45) is 5.92 Å². The zero-order valence-electron chi connectivity index (χ0n) is 10.2. The molecular formula is C12H21N3O. The number of likely N-dealkylation sites (tertiary alicyclic amines) is 1. The summed E-state index contributed by atoms with van der Waals surface area (Å²) in [5.41, 5.74) is 1.00. The number of oxazole rings is 1. The molecular weight excluding hydrogens is 202 g/mol. The average molecular weight is 223 g/mol. The molecule has 1 aliphatic heterocycles. The van der Waals surface area contributed by atoms with Crippen LogP contribution in [0, 0.1) is 5.92 Å². The van der Waals surface area contributed by atoms with E-state index in [2.05, 4.69) is 22.1 Å². The molecule has 0 amide bonds. The van der Waals surface area contributed by atoms with Crippen LogP contribution in [0.5, 0.6) is 0 Å². The third-order valence-electron chi connectivity index (χ3n) is 3.24. The summed E-state index contributed by atoms with van der Waals surface area (Å²) >= 11 is 0. The molecule has 1 atom stereocenters. The maximum Gasteiger partial charge on any atom is 0.194 e. The van der Waals surface area contributed by atoms with E-state index in [-0.39, 0.29) is 0 Å². The lowest BCUT2D eigenvalue weighted by Gasteiger charge is -2.11. The summed E-state index contributed by atoms with van der Waals surface area (Å²) in [6, 6.07) is 0. The van der Waals surface area contributed by atoms with Crippen LogP contribution in [0.4, 0.5) is 0 Å². The summed E-state index contributed by atoms with van der Waals surface area (Å²) in [5.74, 6) is 1.62. The molecule has 0 aromatic carbocycles. The first-order valence-corrected chi connectivity index (χ1v) is 6.12. The van der Waals surface area contributed by atoms with E-state index in [1.165, 1.54) is 19.5 Å². The molecule has 1 aromatic heterocycles. The van der Waals surface area contributed by atoms with Gasteiger partial charge in [-0.1, -0.05) is 6.92 Å². The Bertz CT molecular complexity index is 324. The summed E-state index contributed by atoms with van der Waals surface area (Å²) in [7, 11) is 1.92. The first-order valence-electron chi connectivity index (χ1n) is 6.12. The van der Waals surface area contributed by atoms with Crippen molar-refractivity contribution in [3.8, 4) is 0 Å². The number of aromatic nitrogens is 1. The summed E-state index contributed by atoms with van der Waals surface area (Å²) in [5, 5.41) is 3.08. The number of nitrogens with zero attached hydrogens (tertiary/aromatic N) is 2. The molecule has 1 aliphatic rings. The van der Waals surface area contributed by atoms with Crippen molar-refractivity contribution in [3.63, 3.8) is 0 Å². The zero-order chi connectivity index (χ0) is 11.4. The number of hydrogen-bond donors (Lipinski definition) is 1. The molecule has 90 valence electrons. The minimum atomic E-state index is 0.723. The van der Waals surface area contributed by atoms with Gasteiger partial charge in [0.2, 0.25) is 0 Å². The second-order valence-electron chi connectivity index (χ2n) is 4.51. The summed E-state index contributed by atoms with van der Waals surface area (Å²) in [4.78, 5) is 6.95. The van der Waals surface area contributed by atoms with Crippen molar-refractivity contribution < 1.29 is 4.42 Å². The van der Waals surface area contributed by atoms with Gasteiger partial charge in [-0.15, -0.1) is 0 Å². The van der Waals surface area contributed by atoms with Crippen molar-refractivity contribution in [2.75, 3.05) is 26.7 Å². The molecule has 4 heteroatoms. The van der Waals surface area contributed by atoms with Crippen molar-refractivity contribution in [1.82, 2.24) is 15.2 Å². The van der Waals surface area contributed by atoms with Gasteiger partial charge in [0.25, 0.3) is 0 Å². The van der Waals surface area contributed by atoms with E-state index in [0.29, 0.717) is 0 Å². The predicted octanol–water partition coefficient (Wildman–Crippen LogP) is 1.28. The van der Waals surface area contributed by atoms with Crippen LogP contribution < -0.4 is 5.32 Å². The molecule has 1 N–H and O–H groups in total. The molecule has 1 fully saturated rings. The highest BCUT2D eigenvalue weighted by Gasteiger charge is 2.22. The molecule has 1 aromatic rings. The van der Waals surface area contributed by atoms with Gasteiger partial charge >= 0.3 is 0 Å². The van der Waals surface area contributed by atoms with Crippen molar-refractivity contribution in [3.05, 3.63) is 17.8 Å². The van der Waals surface area contributed by atoms with Crippen LogP contribution in [0.2, 0.25) is 0 Å². The van der Waals surface area contributed by atoms with E-state index in [1.807, 2.05) is 7.05 Å². The first-order chi connectivity index (χ1) is 7.81. The van der Waals surface area contributed by atoms with Crippen molar-refractivity contribution >= 4 is 0 Å². The molecule has 0 saturated carbocycles. The maximum absolute atomic E-state index is 5.48. The van der Waals surface area contributed by atoms with Crippen LogP contribution in [0.15, 0.2) is 10.7 Å². The fourth-order valence-corrected chi connectivity index (χ4v) is 2.32. The van der Waals surface area contributed by atoms with Gasteiger partial charge in [-0.3, -0.25) is 0 Å². The van der Waals surface area contributed by atoms with Crippen LogP contribution in [0.25, 0.3) is 0 Å². The molecule has 4 nitrogen and oxygen atoms in total. The van der Waals surface area contributed by atoms with Crippen molar-refractivity contribution in [2.45, 2.75) is 26.3 Å². The fourth-order valence-electron chi connectivity index (χ4n) is 2.32. The van der Waals surface area contributed by atoms with Gasteiger partial charge < -0.3 is 14.6 Å². The zero-order valence-corrected chi connectivity index (χ0v) is 10.2. The van der Waals surface area contributed by atoms with Gasteiger partial charge in [0.15, 0.2) is 5.89 Å². The Balaban J connectivity index is 1.84. The SMILES string of the molecule is CCN1CCC(Cc2nc(CNC)co2)C1. The molecule has 0 aliphatic carbocycles. The summed E-state index contributed by atoms with van der Waals surface area (Å²) in [6.45, 7) is 6.59. The van der Waals surface area contributed by atoms with Gasteiger partial charge in [-0.2, -0.15) is 0 Å². The van der Waals surface area contributed by atoms with Gasteiger partial charge in [-0.25, -0.2) is 4.98 Å². The Morgan fingerprint density at radius 3 is 3.19 bits per heavy atom. The monoisotopic (exact) mass is 223 g/mol. The molecule has 16 heavy (non-hydrogen) atoms. The number of nitrogens with one attached hydrogen (secondary N) is 1. The third-order valence-corrected chi connectivity index (χ3v) is 3.24. The van der Waals surface area contributed by atoms with Crippen LogP contribution in [0.1, 0.15) is 24.9 Å². The Labute approximate surface area is 97.0 Å². The Hall–Kier alpha value is -0.870. The molecule has 0 radical (unpaired) electrons. The van der Waals surface area contributed by atoms with Crippen LogP contribution in [0.3, 0.4) is 0 Å². The Morgan fingerprint density at radius 1 is 1.62 bits per heavy atom. The second kappa shape index (κ2) is 5.46. The molecule has 0 spiro atoms. The van der Waals surface area contributed by atoms with Gasteiger partial charge in [-0.05, 0) is 32.5 Å². The highest BCUT2D eigenvalue weighted by Crippen LogP contribution is 2.20. The standard InChI is InChI=1S/C12H21N3O/c1-3-15-5-4-10(8-15)6-12-14-11(7-13-2)9-16-12/h9-10,13H,3-8H2,1-2H3. The fraction of sp³-hybridized carbons (Fsp3) is 0.750. The molecule has 1 saturated heterocycles. The minimum absolute atomic E-state index is 0.723. The van der Waals surface area contributed by atoms with E-state index in [4.69, 9.17) is 4.42 Å². The topological polar surface area (TPSA) is 41.3 Å². The van der Waals surface area contributed by atoms with Gasteiger partial charge in [0, 0.05) is 19.5 Å². The van der Waals surface area contributed by atoms with E-state index in [9.17, 15) is 0 Å². The molecule has 1 unspecified atom stereocenters. The van der Waals surface area contributed by atoms with E-state index >= 15 is 0 Å². The molecule has 2 heterocycles. The lowest BCUT2D eigenvalue weighted by molar-refractivity contribution is 0.335. The smallest absolute Gasteiger partial charge is 0.194 e. The third kappa shape index (κ3) is 2.83. The maximum atomic E-state index is 5.48. The predicted molar refractivity (Wildman–Crippen MR) is 63.2 cm³/mol. The van der Waals surface area contributed by atoms with E-state index < -0.39 is 0 Å². The van der Waals surface area contributed by atoms with E-state index in [1.54, 1.807) is 6.26 Å². The minimum Gasteiger partial charge on any atom is -0.449 e.